The lowest BCUT2D eigenvalue weighted by atomic mass is 9.94. The fourth-order valence-corrected chi connectivity index (χ4v) is 5.22. The Morgan fingerprint density at radius 1 is 1.09 bits per heavy atom. The Kier molecular flexibility index (Phi) is 6.00. The Balaban J connectivity index is 1.39. The molecule has 0 bridgehead atoms. The number of amides is 1. The van der Waals surface area contributed by atoms with Gasteiger partial charge >= 0.3 is 0 Å². The monoisotopic (exact) mass is 459 g/mol. The minimum Gasteiger partial charge on any atom is -0.383 e. The first-order valence-corrected chi connectivity index (χ1v) is 12.5. The standard InChI is InChI=1S/C26H29N5OS/c1-30(33-2)22-10-12-31(16-22)21-6-3-17(4-7-21)20-14-24(25(27)29-15-20)18-5-8-23-19(13-18)9-11-28-26(23)32/h3-8,13-15,22H,9-12,16H2,1-2H3,(H2,27,29)(H,28,32)/t22-/m0/s1. The van der Waals surface area contributed by atoms with Gasteiger partial charge in [-0.05, 0) is 67.1 Å². The first-order chi connectivity index (χ1) is 16.0. The van der Waals surface area contributed by atoms with Crippen LogP contribution in [0.2, 0.25) is 0 Å². The number of nitrogens with one attached hydrogen (secondary N) is 1. The van der Waals surface area contributed by atoms with E-state index < -0.39 is 0 Å². The Hall–Kier alpha value is -3.03. The zero-order chi connectivity index (χ0) is 22.9. The molecule has 5 rings (SSSR count). The van der Waals surface area contributed by atoms with Gasteiger partial charge in [-0.2, -0.15) is 0 Å². The summed E-state index contributed by atoms with van der Waals surface area (Å²) in [6.45, 7) is 2.81. The number of nitrogens with zero attached hydrogens (tertiary/aromatic N) is 3. The molecule has 3 aromatic rings. The second-order valence-electron chi connectivity index (χ2n) is 8.70. The van der Waals surface area contributed by atoms with Gasteiger partial charge in [-0.3, -0.25) is 4.79 Å². The summed E-state index contributed by atoms with van der Waals surface area (Å²) in [6.07, 6.45) is 5.98. The molecule has 3 heterocycles. The van der Waals surface area contributed by atoms with E-state index in [0.29, 0.717) is 18.4 Å². The van der Waals surface area contributed by atoms with Gasteiger partial charge in [0.15, 0.2) is 0 Å². The Labute approximate surface area is 199 Å². The lowest BCUT2D eigenvalue weighted by molar-refractivity contribution is 0.0946. The van der Waals surface area contributed by atoms with Crippen molar-refractivity contribution in [3.63, 3.8) is 0 Å². The first-order valence-electron chi connectivity index (χ1n) is 11.3. The summed E-state index contributed by atoms with van der Waals surface area (Å²) in [5.74, 6) is 0.490. The van der Waals surface area contributed by atoms with E-state index in [1.165, 1.54) is 12.1 Å². The predicted octanol–water partition coefficient (Wildman–Crippen LogP) is 4.07. The number of carbonyl (C=O) groups excluding carboxylic acids is 1. The highest BCUT2D eigenvalue weighted by Crippen LogP contribution is 2.33. The summed E-state index contributed by atoms with van der Waals surface area (Å²) in [4.78, 5) is 19.0. The van der Waals surface area contributed by atoms with Crippen LogP contribution in [0.15, 0.2) is 54.7 Å². The van der Waals surface area contributed by atoms with Crippen molar-refractivity contribution in [3.8, 4) is 22.3 Å². The Morgan fingerprint density at radius 2 is 1.88 bits per heavy atom. The number of pyridine rings is 1. The minimum absolute atomic E-state index is 0.00726. The number of aromatic nitrogens is 1. The number of anilines is 2. The van der Waals surface area contributed by atoms with Crippen LogP contribution >= 0.6 is 11.9 Å². The minimum atomic E-state index is -0.00726. The third kappa shape index (κ3) is 4.30. The van der Waals surface area contributed by atoms with Crippen molar-refractivity contribution in [1.29, 1.82) is 0 Å². The maximum absolute atomic E-state index is 12.1. The van der Waals surface area contributed by atoms with E-state index >= 15 is 0 Å². The lowest BCUT2D eigenvalue weighted by Gasteiger charge is -2.23. The molecule has 2 aliphatic rings. The van der Waals surface area contributed by atoms with E-state index in [0.717, 1.165) is 52.9 Å². The van der Waals surface area contributed by atoms with E-state index in [2.05, 4.69) is 69.2 Å². The molecule has 1 fully saturated rings. The predicted molar refractivity (Wildman–Crippen MR) is 137 cm³/mol. The lowest BCUT2D eigenvalue weighted by Crippen LogP contribution is -2.31. The summed E-state index contributed by atoms with van der Waals surface area (Å²) < 4.78 is 2.35. The van der Waals surface area contributed by atoms with Gasteiger partial charge in [-0.25, -0.2) is 9.29 Å². The second-order valence-corrected chi connectivity index (χ2v) is 9.64. The van der Waals surface area contributed by atoms with Crippen LogP contribution in [0.5, 0.6) is 0 Å². The molecule has 0 unspecified atom stereocenters. The van der Waals surface area contributed by atoms with Crippen LogP contribution in [0.25, 0.3) is 22.3 Å². The smallest absolute Gasteiger partial charge is 0.251 e. The molecule has 33 heavy (non-hydrogen) atoms. The molecule has 1 aromatic heterocycles. The van der Waals surface area contributed by atoms with Crippen LogP contribution in [0.1, 0.15) is 22.3 Å². The number of nitrogens with two attached hydrogens (primary N) is 1. The van der Waals surface area contributed by atoms with Gasteiger partial charge in [-0.1, -0.05) is 36.2 Å². The Bertz CT molecular complexity index is 1180. The number of rotatable bonds is 5. The van der Waals surface area contributed by atoms with E-state index in [9.17, 15) is 4.79 Å². The summed E-state index contributed by atoms with van der Waals surface area (Å²) in [6, 6.07) is 17.3. The highest BCUT2D eigenvalue weighted by molar-refractivity contribution is 7.96. The maximum Gasteiger partial charge on any atom is 0.251 e. The van der Waals surface area contributed by atoms with Gasteiger partial charge in [0.2, 0.25) is 0 Å². The third-order valence-corrected chi connectivity index (χ3v) is 7.66. The van der Waals surface area contributed by atoms with Crippen molar-refractivity contribution in [1.82, 2.24) is 14.6 Å². The molecule has 0 spiro atoms. The van der Waals surface area contributed by atoms with Crippen molar-refractivity contribution in [3.05, 3.63) is 65.9 Å². The second kappa shape index (κ2) is 9.08. The number of carbonyl (C=O) groups is 1. The van der Waals surface area contributed by atoms with Gasteiger partial charge in [0.25, 0.3) is 5.91 Å². The number of fused-ring (bicyclic) bond motifs is 1. The molecule has 1 atom stereocenters. The maximum atomic E-state index is 12.1. The van der Waals surface area contributed by atoms with Gasteiger partial charge < -0.3 is 16.0 Å². The average molecular weight is 460 g/mol. The van der Waals surface area contributed by atoms with Crippen LogP contribution in [-0.4, -0.2) is 54.2 Å². The molecule has 170 valence electrons. The molecule has 0 radical (unpaired) electrons. The largest absolute Gasteiger partial charge is 0.383 e. The van der Waals surface area contributed by atoms with E-state index in [4.69, 9.17) is 5.73 Å². The van der Waals surface area contributed by atoms with Crippen LogP contribution in [0, 0.1) is 0 Å². The molecule has 2 aromatic carbocycles. The number of hydrogen-bond donors (Lipinski definition) is 2. The molecule has 6 nitrogen and oxygen atoms in total. The molecule has 0 saturated carbocycles. The number of likely N-dealkylation sites (N-methyl/N-ethyl adjacent to an activating group) is 1. The molecule has 2 aliphatic heterocycles. The highest BCUT2D eigenvalue weighted by atomic mass is 32.2. The molecule has 3 N–H and O–H groups in total. The normalized spacial score (nSPS) is 17.8. The summed E-state index contributed by atoms with van der Waals surface area (Å²) in [7, 11) is 2.17. The van der Waals surface area contributed by atoms with Crippen LogP contribution < -0.4 is 16.0 Å². The molecule has 1 amide bonds. The quantitative estimate of drug-likeness (QED) is 0.560. The topological polar surface area (TPSA) is 74.5 Å². The molecule has 0 aliphatic carbocycles. The first kappa shape index (κ1) is 21.8. The van der Waals surface area contributed by atoms with Gasteiger partial charge in [0, 0.05) is 54.3 Å². The fourth-order valence-electron chi connectivity index (χ4n) is 4.75. The van der Waals surface area contributed by atoms with Crippen LogP contribution in [-0.2, 0) is 6.42 Å². The fraction of sp³-hybridized carbons (Fsp3) is 0.308. The van der Waals surface area contributed by atoms with Gasteiger partial charge in [0.05, 0.1) is 0 Å². The molecule has 1 saturated heterocycles. The van der Waals surface area contributed by atoms with Crippen molar-refractivity contribution in [2.75, 3.05) is 43.6 Å². The van der Waals surface area contributed by atoms with Gasteiger partial charge in [0.1, 0.15) is 5.82 Å². The van der Waals surface area contributed by atoms with E-state index in [1.54, 1.807) is 11.9 Å². The number of nitrogen functional groups attached to an aromatic ring is 1. The zero-order valence-electron chi connectivity index (χ0n) is 19.0. The van der Waals surface area contributed by atoms with Crippen molar-refractivity contribution >= 4 is 29.4 Å². The SMILES string of the molecule is CSN(C)[C@H]1CCN(c2ccc(-c3cnc(N)c(-c4ccc5c(c4)CCNC5=O)c3)cc2)C1. The summed E-state index contributed by atoms with van der Waals surface area (Å²) in [5.41, 5.74) is 13.3. The average Bonchev–Trinajstić information content (AvgIpc) is 3.34. The molecule has 7 heteroatoms. The zero-order valence-corrected chi connectivity index (χ0v) is 19.9. The summed E-state index contributed by atoms with van der Waals surface area (Å²) in [5, 5.41) is 2.89. The van der Waals surface area contributed by atoms with Gasteiger partial charge in [-0.15, -0.1) is 0 Å². The van der Waals surface area contributed by atoms with Crippen molar-refractivity contribution in [2.45, 2.75) is 18.9 Å². The van der Waals surface area contributed by atoms with Crippen molar-refractivity contribution in [2.24, 2.45) is 0 Å². The van der Waals surface area contributed by atoms with Crippen LogP contribution in [0.3, 0.4) is 0 Å². The highest BCUT2D eigenvalue weighted by Gasteiger charge is 2.25. The van der Waals surface area contributed by atoms with E-state index in [-0.39, 0.29) is 5.91 Å². The molecular weight excluding hydrogens is 430 g/mol. The molecular formula is C26H29N5OS. The summed E-state index contributed by atoms with van der Waals surface area (Å²) >= 11 is 1.80. The number of hydrogen-bond acceptors (Lipinski definition) is 6. The Morgan fingerprint density at radius 3 is 2.67 bits per heavy atom. The van der Waals surface area contributed by atoms with E-state index in [1.807, 2.05) is 18.3 Å². The number of benzene rings is 2. The van der Waals surface area contributed by atoms with Crippen molar-refractivity contribution < 1.29 is 4.79 Å². The third-order valence-electron chi connectivity index (χ3n) is 6.79. The van der Waals surface area contributed by atoms with Crippen LogP contribution in [0.4, 0.5) is 11.5 Å².